The number of carboxylic acid groups (broad SMARTS) is 1. The average Bonchev–Trinajstić information content (AvgIpc) is 2.87. The fourth-order valence-corrected chi connectivity index (χ4v) is 2.78. The molecule has 0 aliphatic heterocycles. The van der Waals surface area contributed by atoms with Crippen LogP contribution >= 0.6 is 0 Å². The van der Waals surface area contributed by atoms with Crippen molar-refractivity contribution in [2.24, 2.45) is 0 Å². The summed E-state index contributed by atoms with van der Waals surface area (Å²) in [6, 6.07) is 9.96. The van der Waals surface area contributed by atoms with E-state index in [1.807, 2.05) is 0 Å². The topological polar surface area (TPSA) is 127 Å². The molecule has 10 nitrogen and oxygen atoms in total. The smallest absolute Gasteiger partial charge is 0.348 e. The SMILES string of the molecule is COc1ccc(/C=C/C(=O)OC[C@H](OC(=O)/C=C/c2ccc(OC)c(OC)c2)C(=O)O)cc1OC. The second-order valence-electron chi connectivity index (χ2n) is 6.79. The first-order valence-corrected chi connectivity index (χ1v) is 10.2. The zero-order chi connectivity index (χ0) is 25.8. The van der Waals surface area contributed by atoms with Gasteiger partial charge < -0.3 is 33.5 Å². The van der Waals surface area contributed by atoms with Crippen LogP contribution in [0.1, 0.15) is 11.1 Å². The van der Waals surface area contributed by atoms with E-state index in [1.165, 1.54) is 40.6 Å². The number of esters is 2. The van der Waals surface area contributed by atoms with Crippen LogP contribution in [0.3, 0.4) is 0 Å². The number of ether oxygens (including phenoxy) is 6. The third-order valence-corrected chi connectivity index (χ3v) is 4.55. The Morgan fingerprint density at radius 2 is 1.20 bits per heavy atom. The van der Waals surface area contributed by atoms with Crippen molar-refractivity contribution in [3.8, 4) is 23.0 Å². The van der Waals surface area contributed by atoms with E-state index in [1.54, 1.807) is 36.4 Å². The molecule has 0 aliphatic carbocycles. The average molecular weight is 486 g/mol. The fraction of sp³-hybridized carbons (Fsp3) is 0.240. The summed E-state index contributed by atoms with van der Waals surface area (Å²) in [7, 11) is 5.95. The van der Waals surface area contributed by atoms with Gasteiger partial charge >= 0.3 is 17.9 Å². The minimum Gasteiger partial charge on any atom is -0.493 e. The van der Waals surface area contributed by atoms with Crippen molar-refractivity contribution >= 4 is 30.1 Å². The maximum absolute atomic E-state index is 12.1. The van der Waals surface area contributed by atoms with Crippen molar-refractivity contribution in [2.45, 2.75) is 6.10 Å². The summed E-state index contributed by atoms with van der Waals surface area (Å²) in [6.07, 6.45) is 3.35. The molecule has 0 saturated carbocycles. The second kappa shape index (κ2) is 13.3. The molecule has 2 aromatic carbocycles. The Labute approximate surface area is 202 Å². The molecule has 2 rings (SSSR count). The zero-order valence-corrected chi connectivity index (χ0v) is 19.7. The molecular formula is C25H26O10. The zero-order valence-electron chi connectivity index (χ0n) is 19.7. The van der Waals surface area contributed by atoms with Crippen molar-refractivity contribution in [2.75, 3.05) is 35.0 Å². The summed E-state index contributed by atoms with van der Waals surface area (Å²) in [5.41, 5.74) is 1.22. The molecule has 0 aliphatic rings. The van der Waals surface area contributed by atoms with Crippen LogP contribution in [0.5, 0.6) is 23.0 Å². The number of carboxylic acids is 1. The molecule has 0 saturated heterocycles. The van der Waals surface area contributed by atoms with Crippen LogP contribution in [0.25, 0.3) is 12.2 Å². The van der Waals surface area contributed by atoms with Gasteiger partial charge in [-0.05, 0) is 47.5 Å². The van der Waals surface area contributed by atoms with E-state index in [2.05, 4.69) is 0 Å². The summed E-state index contributed by atoms with van der Waals surface area (Å²) in [6.45, 7) is -0.666. The first kappa shape index (κ1) is 26.8. The van der Waals surface area contributed by atoms with Crippen LogP contribution in [0, 0.1) is 0 Å². The normalized spacial score (nSPS) is 11.7. The summed E-state index contributed by atoms with van der Waals surface area (Å²) in [5.74, 6) is -1.23. The van der Waals surface area contributed by atoms with Crippen molar-refractivity contribution in [1.82, 2.24) is 0 Å². The highest BCUT2D eigenvalue weighted by molar-refractivity contribution is 5.90. The first-order valence-electron chi connectivity index (χ1n) is 10.2. The Hall–Kier alpha value is -4.47. The van der Waals surface area contributed by atoms with Crippen molar-refractivity contribution in [1.29, 1.82) is 0 Å². The van der Waals surface area contributed by atoms with Crippen LogP contribution in [-0.4, -0.2) is 64.2 Å². The molecule has 10 heteroatoms. The molecule has 0 amide bonds. The van der Waals surface area contributed by atoms with E-state index in [0.29, 0.717) is 34.1 Å². The molecule has 35 heavy (non-hydrogen) atoms. The molecule has 0 aromatic heterocycles. The first-order chi connectivity index (χ1) is 16.8. The minimum absolute atomic E-state index is 0.458. The summed E-state index contributed by atoms with van der Waals surface area (Å²) >= 11 is 0. The quantitative estimate of drug-likeness (QED) is 0.353. The lowest BCUT2D eigenvalue weighted by molar-refractivity contribution is -0.167. The van der Waals surface area contributed by atoms with Crippen LogP contribution in [0.4, 0.5) is 0 Å². The molecule has 0 radical (unpaired) electrons. The highest BCUT2D eigenvalue weighted by atomic mass is 16.6. The van der Waals surface area contributed by atoms with E-state index in [9.17, 15) is 19.5 Å². The van der Waals surface area contributed by atoms with Gasteiger partial charge in [-0.3, -0.25) is 0 Å². The van der Waals surface area contributed by atoms with Gasteiger partial charge in [-0.2, -0.15) is 0 Å². The van der Waals surface area contributed by atoms with Gasteiger partial charge in [0.1, 0.15) is 6.61 Å². The van der Waals surface area contributed by atoms with E-state index < -0.39 is 30.6 Å². The van der Waals surface area contributed by atoms with Gasteiger partial charge in [0.25, 0.3) is 0 Å². The van der Waals surface area contributed by atoms with Gasteiger partial charge in [0.15, 0.2) is 23.0 Å². The van der Waals surface area contributed by atoms with Gasteiger partial charge in [0.05, 0.1) is 28.4 Å². The summed E-state index contributed by atoms with van der Waals surface area (Å²) in [4.78, 5) is 35.5. The Balaban J connectivity index is 1.94. The van der Waals surface area contributed by atoms with Gasteiger partial charge in [-0.1, -0.05) is 12.1 Å². The number of rotatable bonds is 12. The minimum atomic E-state index is -1.68. The molecule has 0 spiro atoms. The molecule has 1 atom stereocenters. The number of carbonyl (C=O) groups excluding carboxylic acids is 2. The molecule has 0 heterocycles. The summed E-state index contributed by atoms with van der Waals surface area (Å²) in [5, 5.41) is 9.29. The standard InChI is InChI=1S/C25H26O10/c1-30-18-9-5-16(13-20(18)32-3)7-11-23(26)34-15-22(25(28)29)35-24(27)12-8-17-6-10-19(31-2)21(14-17)33-4/h5-14,22H,15H2,1-4H3,(H,28,29)/b11-7+,12-8+/t22-/m0/s1. The van der Waals surface area contributed by atoms with E-state index in [0.717, 1.165) is 12.2 Å². The van der Waals surface area contributed by atoms with Gasteiger partial charge in [0.2, 0.25) is 6.10 Å². The number of hydrogen-bond donors (Lipinski definition) is 1. The Morgan fingerprint density at radius 1 is 0.743 bits per heavy atom. The van der Waals surface area contributed by atoms with Gasteiger partial charge in [0, 0.05) is 12.2 Å². The van der Waals surface area contributed by atoms with Crippen molar-refractivity contribution in [3.63, 3.8) is 0 Å². The molecule has 1 N–H and O–H groups in total. The van der Waals surface area contributed by atoms with E-state index in [4.69, 9.17) is 28.4 Å². The molecule has 0 fully saturated rings. The van der Waals surface area contributed by atoms with Crippen LogP contribution in [-0.2, 0) is 23.9 Å². The third kappa shape index (κ3) is 8.11. The maximum Gasteiger partial charge on any atom is 0.348 e. The predicted octanol–water partition coefficient (Wildman–Crippen LogP) is 2.99. The molecule has 186 valence electrons. The van der Waals surface area contributed by atoms with E-state index >= 15 is 0 Å². The highest BCUT2D eigenvalue weighted by Crippen LogP contribution is 2.28. The number of aliphatic carboxylic acids is 1. The second-order valence-corrected chi connectivity index (χ2v) is 6.79. The van der Waals surface area contributed by atoms with E-state index in [-0.39, 0.29) is 0 Å². The third-order valence-electron chi connectivity index (χ3n) is 4.55. The van der Waals surface area contributed by atoms with Crippen LogP contribution in [0.2, 0.25) is 0 Å². The maximum atomic E-state index is 12.1. The highest BCUT2D eigenvalue weighted by Gasteiger charge is 2.23. The Morgan fingerprint density at radius 3 is 1.63 bits per heavy atom. The van der Waals surface area contributed by atoms with Gasteiger partial charge in [-0.25, -0.2) is 14.4 Å². The van der Waals surface area contributed by atoms with Crippen LogP contribution in [0.15, 0.2) is 48.6 Å². The monoisotopic (exact) mass is 486 g/mol. The number of benzene rings is 2. The molecule has 0 unspecified atom stereocenters. The van der Waals surface area contributed by atoms with Crippen LogP contribution < -0.4 is 18.9 Å². The number of methoxy groups -OCH3 is 4. The largest absolute Gasteiger partial charge is 0.493 e. The predicted molar refractivity (Wildman–Crippen MR) is 126 cm³/mol. The molecule has 0 bridgehead atoms. The molecule has 2 aromatic rings. The lowest BCUT2D eigenvalue weighted by Crippen LogP contribution is -2.32. The summed E-state index contributed by atoms with van der Waals surface area (Å²) < 4.78 is 30.5. The fourth-order valence-electron chi connectivity index (χ4n) is 2.78. The number of carbonyl (C=O) groups is 3. The Kier molecular flexibility index (Phi) is 10.2. The Bertz CT molecular complexity index is 1100. The van der Waals surface area contributed by atoms with Crippen molar-refractivity contribution < 1.29 is 47.9 Å². The molecular weight excluding hydrogens is 460 g/mol. The lowest BCUT2D eigenvalue weighted by Gasteiger charge is -2.12. The van der Waals surface area contributed by atoms with Gasteiger partial charge in [-0.15, -0.1) is 0 Å². The lowest BCUT2D eigenvalue weighted by atomic mass is 10.2. The van der Waals surface area contributed by atoms with Crippen molar-refractivity contribution in [3.05, 3.63) is 59.7 Å². The number of hydrogen-bond acceptors (Lipinski definition) is 9.